The van der Waals surface area contributed by atoms with E-state index in [4.69, 9.17) is 22.4 Å². The van der Waals surface area contributed by atoms with Gasteiger partial charge in [0.25, 0.3) is 0 Å². The van der Waals surface area contributed by atoms with E-state index in [1.165, 1.54) is 0 Å². The van der Waals surface area contributed by atoms with Gasteiger partial charge in [0.05, 0.1) is 17.8 Å². The summed E-state index contributed by atoms with van der Waals surface area (Å²) < 4.78 is 5.32. The fourth-order valence-corrected chi connectivity index (χ4v) is 1.84. The second-order valence-electron chi connectivity index (χ2n) is 3.66. The highest BCUT2D eigenvalue weighted by Gasteiger charge is 2.14. The van der Waals surface area contributed by atoms with Crippen LogP contribution in [0.3, 0.4) is 0 Å². The van der Waals surface area contributed by atoms with Gasteiger partial charge in [0.2, 0.25) is 0 Å². The molecule has 1 heterocycles. The Labute approximate surface area is 96.2 Å². The monoisotopic (exact) mass is 226 g/mol. The lowest BCUT2D eigenvalue weighted by molar-refractivity contribution is 0.199. The van der Waals surface area contributed by atoms with Gasteiger partial charge >= 0.3 is 0 Å². The number of furan rings is 1. The first-order valence-electron chi connectivity index (χ1n) is 5.18. The molecule has 0 aliphatic heterocycles. The summed E-state index contributed by atoms with van der Waals surface area (Å²) in [5.74, 6) is 0.978. The molecule has 0 amide bonds. The molecular weight excluding hydrogens is 208 g/mol. The van der Waals surface area contributed by atoms with Crippen LogP contribution in [0.15, 0.2) is 22.8 Å². The number of nitrogens with zero attached hydrogens (tertiary/aromatic N) is 1. The molecule has 0 aliphatic rings. The first-order valence-corrected chi connectivity index (χ1v) is 5.59. The van der Waals surface area contributed by atoms with E-state index in [9.17, 15) is 0 Å². The molecule has 1 unspecified atom stereocenters. The van der Waals surface area contributed by atoms with Gasteiger partial charge in [0.15, 0.2) is 0 Å². The average Bonchev–Trinajstić information content (AvgIpc) is 2.65. The minimum Gasteiger partial charge on any atom is -0.468 e. The molecular formula is C11H18N2OS. The van der Waals surface area contributed by atoms with E-state index in [2.05, 4.69) is 18.7 Å². The van der Waals surface area contributed by atoms with Crippen molar-refractivity contribution in [1.82, 2.24) is 4.90 Å². The minimum atomic E-state index is 0.359. The molecule has 0 radical (unpaired) electrons. The summed E-state index contributed by atoms with van der Waals surface area (Å²) in [5.41, 5.74) is 5.54. The normalized spacial score (nSPS) is 13.0. The van der Waals surface area contributed by atoms with E-state index >= 15 is 0 Å². The molecule has 3 nitrogen and oxygen atoms in total. The van der Waals surface area contributed by atoms with Crippen molar-refractivity contribution in [2.75, 3.05) is 6.54 Å². The van der Waals surface area contributed by atoms with Crippen molar-refractivity contribution in [1.29, 1.82) is 0 Å². The molecule has 4 heteroatoms. The Morgan fingerprint density at radius 3 is 2.87 bits per heavy atom. The van der Waals surface area contributed by atoms with Gasteiger partial charge in [-0.3, -0.25) is 4.90 Å². The topological polar surface area (TPSA) is 42.4 Å². The highest BCUT2D eigenvalue weighted by Crippen LogP contribution is 2.10. The smallest absolute Gasteiger partial charge is 0.117 e. The van der Waals surface area contributed by atoms with Crippen molar-refractivity contribution in [3.63, 3.8) is 0 Å². The Morgan fingerprint density at radius 1 is 1.67 bits per heavy atom. The van der Waals surface area contributed by atoms with Crippen LogP contribution in [0.4, 0.5) is 0 Å². The molecule has 0 aliphatic carbocycles. The number of rotatable bonds is 6. The summed E-state index contributed by atoms with van der Waals surface area (Å²) in [6, 6.07) is 4.25. The van der Waals surface area contributed by atoms with E-state index in [1.807, 2.05) is 12.1 Å². The number of nitrogens with two attached hydrogens (primary N) is 1. The summed E-state index contributed by atoms with van der Waals surface area (Å²) in [7, 11) is 0. The molecule has 1 rings (SSSR count). The van der Waals surface area contributed by atoms with Crippen LogP contribution in [0.1, 0.15) is 26.0 Å². The van der Waals surface area contributed by atoms with Gasteiger partial charge in [-0.2, -0.15) is 0 Å². The molecule has 84 valence electrons. The number of thiocarbonyl (C=S) groups is 1. The van der Waals surface area contributed by atoms with E-state index in [1.54, 1.807) is 6.26 Å². The lowest BCUT2D eigenvalue weighted by atomic mass is 10.2. The molecule has 0 bridgehead atoms. The molecule has 1 aromatic rings. The summed E-state index contributed by atoms with van der Waals surface area (Å²) in [4.78, 5) is 2.86. The van der Waals surface area contributed by atoms with Gasteiger partial charge in [-0.05, 0) is 25.6 Å². The molecule has 1 atom stereocenters. The van der Waals surface area contributed by atoms with Crippen LogP contribution >= 0.6 is 12.2 Å². The number of hydrogen-bond acceptors (Lipinski definition) is 3. The first kappa shape index (κ1) is 12.2. The van der Waals surface area contributed by atoms with Crippen molar-refractivity contribution in [2.45, 2.75) is 32.9 Å². The lowest BCUT2D eigenvalue weighted by Crippen LogP contribution is -2.35. The van der Waals surface area contributed by atoms with E-state index in [-0.39, 0.29) is 0 Å². The van der Waals surface area contributed by atoms with Crippen molar-refractivity contribution in [3.05, 3.63) is 24.2 Å². The SMILES string of the molecule is CCN(Cc1ccco1)C(C)CC(N)=S. The summed E-state index contributed by atoms with van der Waals surface area (Å²) in [6.07, 6.45) is 2.45. The molecule has 15 heavy (non-hydrogen) atoms. The zero-order valence-corrected chi connectivity index (χ0v) is 10.1. The third kappa shape index (κ3) is 4.01. The fraction of sp³-hybridized carbons (Fsp3) is 0.545. The van der Waals surface area contributed by atoms with Crippen LogP contribution < -0.4 is 5.73 Å². The van der Waals surface area contributed by atoms with Crippen LogP contribution in [0.2, 0.25) is 0 Å². The maximum Gasteiger partial charge on any atom is 0.117 e. The molecule has 0 saturated carbocycles. The van der Waals surface area contributed by atoms with Gasteiger partial charge in [-0.25, -0.2) is 0 Å². The quantitative estimate of drug-likeness (QED) is 0.755. The maximum atomic E-state index is 5.54. The Hall–Kier alpha value is -0.870. The standard InChI is InChI=1S/C11H18N2OS/c1-3-13(9(2)7-11(12)15)8-10-5-4-6-14-10/h4-6,9H,3,7-8H2,1-2H3,(H2,12,15). The first-order chi connectivity index (χ1) is 7.13. The largest absolute Gasteiger partial charge is 0.468 e. The van der Waals surface area contributed by atoms with E-state index < -0.39 is 0 Å². The molecule has 2 N–H and O–H groups in total. The van der Waals surface area contributed by atoms with Crippen molar-refractivity contribution in [3.8, 4) is 0 Å². The molecule has 0 fully saturated rings. The summed E-state index contributed by atoms with van der Waals surface area (Å²) >= 11 is 4.91. The zero-order chi connectivity index (χ0) is 11.3. The van der Waals surface area contributed by atoms with Crippen LogP contribution in [-0.4, -0.2) is 22.5 Å². The second-order valence-corrected chi connectivity index (χ2v) is 4.19. The Morgan fingerprint density at radius 2 is 2.40 bits per heavy atom. The average molecular weight is 226 g/mol. The minimum absolute atomic E-state index is 0.359. The molecule has 0 aromatic carbocycles. The lowest BCUT2D eigenvalue weighted by Gasteiger charge is -2.26. The van der Waals surface area contributed by atoms with E-state index in [0.29, 0.717) is 11.0 Å². The van der Waals surface area contributed by atoms with Crippen molar-refractivity contribution >= 4 is 17.2 Å². The Bertz CT molecular complexity index is 298. The molecule has 0 saturated heterocycles. The third-order valence-electron chi connectivity index (χ3n) is 2.47. The van der Waals surface area contributed by atoms with Crippen molar-refractivity contribution < 1.29 is 4.42 Å². The molecule has 0 spiro atoms. The highest BCUT2D eigenvalue weighted by molar-refractivity contribution is 7.80. The van der Waals surface area contributed by atoms with Gasteiger partial charge in [-0.1, -0.05) is 19.1 Å². The van der Waals surface area contributed by atoms with Gasteiger partial charge in [0, 0.05) is 12.5 Å². The van der Waals surface area contributed by atoms with Crippen LogP contribution in [-0.2, 0) is 6.54 Å². The fourth-order valence-electron chi connectivity index (χ4n) is 1.60. The maximum absolute atomic E-state index is 5.54. The zero-order valence-electron chi connectivity index (χ0n) is 9.27. The van der Waals surface area contributed by atoms with Crippen LogP contribution in [0.25, 0.3) is 0 Å². The predicted molar refractivity (Wildman–Crippen MR) is 65.7 cm³/mol. The van der Waals surface area contributed by atoms with Crippen molar-refractivity contribution in [2.24, 2.45) is 5.73 Å². The van der Waals surface area contributed by atoms with Gasteiger partial charge < -0.3 is 10.2 Å². The summed E-state index contributed by atoms with van der Waals surface area (Å²) in [6.45, 7) is 6.03. The Balaban J connectivity index is 2.51. The van der Waals surface area contributed by atoms with Crippen LogP contribution in [0.5, 0.6) is 0 Å². The Kier molecular flexibility index (Phi) is 4.78. The van der Waals surface area contributed by atoms with Gasteiger partial charge in [-0.15, -0.1) is 0 Å². The number of hydrogen-bond donors (Lipinski definition) is 1. The third-order valence-corrected chi connectivity index (χ3v) is 2.63. The van der Waals surface area contributed by atoms with Crippen LogP contribution in [0, 0.1) is 0 Å². The van der Waals surface area contributed by atoms with Gasteiger partial charge in [0.1, 0.15) is 5.76 Å². The van der Waals surface area contributed by atoms with E-state index in [0.717, 1.165) is 25.3 Å². The second kappa shape index (κ2) is 5.88. The summed E-state index contributed by atoms with van der Waals surface area (Å²) in [5, 5.41) is 0. The molecule has 1 aromatic heterocycles. The highest BCUT2D eigenvalue weighted by atomic mass is 32.1. The predicted octanol–water partition coefficient (Wildman–Crippen LogP) is 2.17.